The fraction of sp³-hybridized carbons (Fsp3) is 0.286. The number of aryl methyl sites for hydroxylation is 2. The Morgan fingerprint density at radius 2 is 2.06 bits per heavy atom. The van der Waals surface area contributed by atoms with Crippen molar-refractivity contribution in [3.63, 3.8) is 0 Å². The van der Waals surface area contributed by atoms with Crippen molar-refractivity contribution in [1.82, 2.24) is 9.88 Å². The van der Waals surface area contributed by atoms with Gasteiger partial charge in [0.1, 0.15) is 11.5 Å². The minimum Gasteiger partial charge on any atom is -0.507 e. The van der Waals surface area contributed by atoms with Gasteiger partial charge in [0.15, 0.2) is 5.76 Å². The van der Waals surface area contributed by atoms with E-state index in [9.17, 15) is 9.90 Å². The molecule has 1 aromatic heterocycles. The minimum absolute atomic E-state index is 0.132. The first-order valence-corrected chi connectivity index (χ1v) is 11.5. The van der Waals surface area contributed by atoms with Crippen LogP contribution in [0.25, 0.3) is 6.08 Å². The van der Waals surface area contributed by atoms with E-state index < -0.39 is 0 Å². The highest BCUT2D eigenvalue weighted by atomic mass is 16.5. The molecule has 1 saturated heterocycles. The summed E-state index contributed by atoms with van der Waals surface area (Å²) in [5.41, 5.74) is 5.17. The Labute approximate surface area is 194 Å². The monoisotopic (exact) mass is 440 g/mol. The quantitative estimate of drug-likeness (QED) is 0.524. The fourth-order valence-electron chi connectivity index (χ4n) is 4.98. The molecular formula is C28H28N2O3. The van der Waals surface area contributed by atoms with Gasteiger partial charge in [-0.2, -0.15) is 0 Å². The number of ether oxygens (including phenoxy) is 1. The summed E-state index contributed by atoms with van der Waals surface area (Å²) in [6, 6.07) is 13.9. The lowest BCUT2D eigenvalue weighted by Crippen LogP contribution is -2.33. The number of ketones is 1. The van der Waals surface area contributed by atoms with Crippen LogP contribution in [-0.2, 0) is 6.54 Å². The number of hydrogen-bond acceptors (Lipinski definition) is 5. The number of piperidine rings is 1. The topological polar surface area (TPSA) is 62.7 Å². The lowest BCUT2D eigenvalue weighted by atomic mass is 9.94. The smallest absolute Gasteiger partial charge is 0.232 e. The lowest BCUT2D eigenvalue weighted by Gasteiger charge is -2.36. The van der Waals surface area contributed by atoms with Crippen molar-refractivity contribution in [2.45, 2.75) is 45.7 Å². The largest absolute Gasteiger partial charge is 0.507 e. The van der Waals surface area contributed by atoms with E-state index in [0.717, 1.165) is 42.5 Å². The van der Waals surface area contributed by atoms with Crippen LogP contribution in [0.4, 0.5) is 0 Å². The molecule has 0 amide bonds. The lowest BCUT2D eigenvalue weighted by molar-refractivity contribution is 0.101. The number of nitrogens with zero attached hydrogens (tertiary/aromatic N) is 2. The van der Waals surface area contributed by atoms with Crippen LogP contribution in [0.3, 0.4) is 0 Å². The van der Waals surface area contributed by atoms with Gasteiger partial charge in [0.25, 0.3) is 0 Å². The number of pyridine rings is 1. The summed E-state index contributed by atoms with van der Waals surface area (Å²) in [5, 5.41) is 10.9. The number of fused-ring (bicyclic) bond motifs is 1. The van der Waals surface area contributed by atoms with Crippen LogP contribution < -0.4 is 4.74 Å². The van der Waals surface area contributed by atoms with Gasteiger partial charge >= 0.3 is 0 Å². The van der Waals surface area contributed by atoms with E-state index in [0.29, 0.717) is 29.2 Å². The van der Waals surface area contributed by atoms with Gasteiger partial charge in [0.2, 0.25) is 5.78 Å². The first-order valence-electron chi connectivity index (χ1n) is 11.5. The van der Waals surface area contributed by atoms with Gasteiger partial charge in [-0.25, -0.2) is 0 Å². The third-order valence-corrected chi connectivity index (χ3v) is 6.60. The third-order valence-electron chi connectivity index (χ3n) is 6.60. The first kappa shape index (κ1) is 21.4. The molecule has 2 aromatic carbocycles. The highest BCUT2D eigenvalue weighted by molar-refractivity contribution is 6.15. The van der Waals surface area contributed by atoms with Crippen LogP contribution in [0.1, 0.15) is 63.5 Å². The van der Waals surface area contributed by atoms with E-state index in [2.05, 4.69) is 16.0 Å². The van der Waals surface area contributed by atoms with Crippen LogP contribution in [-0.4, -0.2) is 27.3 Å². The average molecular weight is 441 g/mol. The number of rotatable bonds is 4. The van der Waals surface area contributed by atoms with Gasteiger partial charge in [0.05, 0.1) is 11.1 Å². The second-order valence-electron chi connectivity index (χ2n) is 9.02. The molecule has 0 bridgehead atoms. The zero-order chi connectivity index (χ0) is 22.9. The average Bonchev–Trinajstić information content (AvgIpc) is 3.13. The van der Waals surface area contributed by atoms with Gasteiger partial charge in [-0.1, -0.05) is 42.3 Å². The van der Waals surface area contributed by atoms with Crippen LogP contribution in [0.5, 0.6) is 11.5 Å². The maximum Gasteiger partial charge on any atom is 0.232 e. The molecule has 3 aromatic rings. The van der Waals surface area contributed by atoms with Crippen molar-refractivity contribution in [2.75, 3.05) is 6.54 Å². The van der Waals surface area contributed by atoms with Crippen molar-refractivity contribution in [3.8, 4) is 11.5 Å². The second-order valence-corrected chi connectivity index (χ2v) is 9.02. The maximum atomic E-state index is 13.3. The summed E-state index contributed by atoms with van der Waals surface area (Å²) < 4.78 is 6.15. The van der Waals surface area contributed by atoms with Crippen molar-refractivity contribution < 1.29 is 14.6 Å². The third kappa shape index (κ3) is 4.16. The number of allylic oxidation sites excluding steroid dienone is 1. The number of carbonyl (C=O) groups excluding carboxylic acids is 1. The Morgan fingerprint density at radius 1 is 1.18 bits per heavy atom. The fourth-order valence-corrected chi connectivity index (χ4v) is 4.98. The normalized spacial score (nSPS) is 19.5. The number of aromatic hydroxyl groups is 1. The molecule has 0 radical (unpaired) electrons. The summed E-state index contributed by atoms with van der Waals surface area (Å²) in [4.78, 5) is 19.9. The van der Waals surface area contributed by atoms with Crippen LogP contribution in [0.2, 0.25) is 0 Å². The van der Waals surface area contributed by atoms with Crippen molar-refractivity contribution in [3.05, 3.63) is 94.0 Å². The van der Waals surface area contributed by atoms with E-state index in [1.807, 2.05) is 50.4 Å². The number of benzene rings is 2. The molecule has 1 atom stereocenters. The molecule has 0 saturated carbocycles. The highest BCUT2D eigenvalue weighted by Crippen LogP contribution is 2.44. The van der Waals surface area contributed by atoms with Gasteiger partial charge < -0.3 is 9.84 Å². The molecule has 5 heteroatoms. The van der Waals surface area contributed by atoms with Gasteiger partial charge in [-0.05, 0) is 68.1 Å². The van der Waals surface area contributed by atoms with Crippen molar-refractivity contribution >= 4 is 11.9 Å². The van der Waals surface area contributed by atoms with E-state index in [1.165, 1.54) is 5.56 Å². The Hall–Kier alpha value is -3.44. The molecule has 33 heavy (non-hydrogen) atoms. The van der Waals surface area contributed by atoms with Crippen LogP contribution in [0.15, 0.2) is 60.6 Å². The molecule has 3 heterocycles. The van der Waals surface area contributed by atoms with Gasteiger partial charge in [-0.15, -0.1) is 0 Å². The van der Waals surface area contributed by atoms with E-state index >= 15 is 0 Å². The Kier molecular flexibility index (Phi) is 5.73. The van der Waals surface area contributed by atoms with Crippen LogP contribution in [0, 0.1) is 13.8 Å². The van der Waals surface area contributed by atoms with Crippen LogP contribution >= 0.6 is 0 Å². The van der Waals surface area contributed by atoms with Crippen molar-refractivity contribution in [2.24, 2.45) is 0 Å². The van der Waals surface area contributed by atoms with E-state index in [1.54, 1.807) is 18.3 Å². The second kappa shape index (κ2) is 8.83. The Balaban J connectivity index is 1.50. The molecule has 0 spiro atoms. The highest BCUT2D eigenvalue weighted by Gasteiger charge is 2.35. The molecule has 2 aliphatic rings. The molecule has 1 fully saturated rings. The maximum absolute atomic E-state index is 13.3. The minimum atomic E-state index is -0.132. The number of phenolic OH excluding ortho intramolecular Hbond substituents is 1. The summed E-state index contributed by atoms with van der Waals surface area (Å²) in [6.45, 7) is 5.30. The first-order chi connectivity index (χ1) is 16.0. The predicted molar refractivity (Wildman–Crippen MR) is 128 cm³/mol. The van der Waals surface area contributed by atoms with Gasteiger partial charge in [0, 0.05) is 25.0 Å². The number of hydrogen-bond donors (Lipinski definition) is 1. The number of likely N-dealkylation sites (tertiary alicyclic amines) is 1. The predicted octanol–water partition coefficient (Wildman–Crippen LogP) is 5.75. The number of phenols is 1. The van der Waals surface area contributed by atoms with E-state index in [4.69, 9.17) is 4.74 Å². The molecule has 0 aliphatic carbocycles. The summed E-state index contributed by atoms with van der Waals surface area (Å²) in [7, 11) is 0. The molecule has 5 nitrogen and oxygen atoms in total. The van der Waals surface area contributed by atoms with Crippen molar-refractivity contribution in [1.29, 1.82) is 0 Å². The molecule has 0 unspecified atom stereocenters. The zero-order valence-corrected chi connectivity index (χ0v) is 19.0. The summed E-state index contributed by atoms with van der Waals surface area (Å²) in [5.74, 6) is 0.832. The standard InChI is InChI=1S/C28H28N2O3/c1-18-7-5-8-20(13-18)15-25-27(32)26-19(2)14-24(31)22(28(26)33-25)17-30-12-4-3-10-23(30)21-9-6-11-29-16-21/h5-9,11,13-16,23,31H,3-4,10,12,17H2,1-2H3/b25-15-/t23-/m0/s1. The molecule has 168 valence electrons. The zero-order valence-electron chi connectivity index (χ0n) is 19.0. The summed E-state index contributed by atoms with van der Waals surface area (Å²) >= 11 is 0. The van der Waals surface area contributed by atoms with E-state index in [-0.39, 0.29) is 17.6 Å². The number of aromatic nitrogens is 1. The Morgan fingerprint density at radius 3 is 2.85 bits per heavy atom. The summed E-state index contributed by atoms with van der Waals surface area (Å²) in [6.07, 6.45) is 8.80. The number of carbonyl (C=O) groups is 1. The van der Waals surface area contributed by atoms with Gasteiger partial charge in [-0.3, -0.25) is 14.7 Å². The molecular weight excluding hydrogens is 412 g/mol. The number of Topliss-reactive ketones (excluding diaryl/α,β-unsaturated/α-hetero) is 1. The molecule has 1 N–H and O–H groups in total. The SMILES string of the molecule is Cc1cccc(/C=C2\Oc3c(CN4CCCC[C@H]4c4cccnc4)c(O)cc(C)c3C2=O)c1. The molecule has 2 aliphatic heterocycles. The Bertz CT molecular complexity index is 1230. The molecule has 5 rings (SSSR count).